The van der Waals surface area contributed by atoms with Gasteiger partial charge in [0.2, 0.25) is 11.8 Å². The Labute approximate surface area is 113 Å². The molecule has 0 atom stereocenters. The standard InChI is InChI=1S/C13H21N3O3/c1-9(2)19-10-6-8-14-12(15-10)16-13(3,4)7-5-11(17)18/h6,8-9H,5,7H2,1-4H3,(H,17,18)(H,14,15,16). The van der Waals surface area contributed by atoms with Crippen LogP contribution in [0.25, 0.3) is 0 Å². The fraction of sp³-hybridized carbons (Fsp3) is 0.615. The van der Waals surface area contributed by atoms with Crippen LogP contribution in [0.15, 0.2) is 12.3 Å². The molecule has 0 aliphatic carbocycles. The van der Waals surface area contributed by atoms with Crippen LogP contribution in [-0.4, -0.2) is 32.7 Å². The Morgan fingerprint density at radius 1 is 1.53 bits per heavy atom. The molecule has 106 valence electrons. The van der Waals surface area contributed by atoms with Gasteiger partial charge in [-0.2, -0.15) is 4.98 Å². The van der Waals surface area contributed by atoms with Crippen molar-refractivity contribution in [2.24, 2.45) is 0 Å². The van der Waals surface area contributed by atoms with E-state index in [1.165, 1.54) is 0 Å². The number of rotatable bonds is 7. The number of carbonyl (C=O) groups is 1. The summed E-state index contributed by atoms with van der Waals surface area (Å²) in [6.45, 7) is 7.67. The highest BCUT2D eigenvalue weighted by atomic mass is 16.5. The molecule has 0 aliphatic heterocycles. The van der Waals surface area contributed by atoms with Crippen molar-refractivity contribution in [3.63, 3.8) is 0 Å². The smallest absolute Gasteiger partial charge is 0.303 e. The molecule has 1 aromatic heterocycles. The zero-order valence-corrected chi connectivity index (χ0v) is 11.8. The number of carboxylic acid groups (broad SMARTS) is 1. The highest BCUT2D eigenvalue weighted by molar-refractivity contribution is 5.66. The van der Waals surface area contributed by atoms with Gasteiger partial charge >= 0.3 is 5.97 Å². The van der Waals surface area contributed by atoms with Crippen molar-refractivity contribution in [3.05, 3.63) is 12.3 Å². The summed E-state index contributed by atoms with van der Waals surface area (Å²) in [4.78, 5) is 18.9. The minimum Gasteiger partial charge on any atom is -0.481 e. The average molecular weight is 267 g/mol. The number of hydrogen-bond acceptors (Lipinski definition) is 5. The van der Waals surface area contributed by atoms with Crippen LogP contribution >= 0.6 is 0 Å². The highest BCUT2D eigenvalue weighted by Gasteiger charge is 2.20. The number of anilines is 1. The van der Waals surface area contributed by atoms with Gasteiger partial charge in [-0.15, -0.1) is 0 Å². The molecule has 0 radical (unpaired) electrons. The number of nitrogens with one attached hydrogen (secondary N) is 1. The van der Waals surface area contributed by atoms with Crippen molar-refractivity contribution >= 4 is 11.9 Å². The third-order valence-corrected chi connectivity index (χ3v) is 2.40. The maximum absolute atomic E-state index is 10.6. The van der Waals surface area contributed by atoms with E-state index in [-0.39, 0.29) is 12.5 Å². The lowest BCUT2D eigenvalue weighted by atomic mass is 9.99. The molecule has 0 aromatic carbocycles. The quantitative estimate of drug-likeness (QED) is 0.788. The van der Waals surface area contributed by atoms with E-state index >= 15 is 0 Å². The first-order valence-electron chi connectivity index (χ1n) is 6.28. The van der Waals surface area contributed by atoms with E-state index in [9.17, 15) is 4.79 Å². The van der Waals surface area contributed by atoms with Gasteiger partial charge in [-0.25, -0.2) is 4.98 Å². The minimum atomic E-state index is -0.812. The molecule has 1 heterocycles. The van der Waals surface area contributed by atoms with Crippen LogP contribution in [0.5, 0.6) is 5.88 Å². The molecular formula is C13H21N3O3. The predicted molar refractivity (Wildman–Crippen MR) is 72.4 cm³/mol. The van der Waals surface area contributed by atoms with Crippen molar-refractivity contribution in [1.29, 1.82) is 0 Å². The molecule has 2 N–H and O–H groups in total. The lowest BCUT2D eigenvalue weighted by Crippen LogP contribution is -2.32. The first-order valence-corrected chi connectivity index (χ1v) is 6.28. The van der Waals surface area contributed by atoms with Crippen LogP contribution in [0.2, 0.25) is 0 Å². The number of aromatic nitrogens is 2. The molecule has 0 fully saturated rings. The molecule has 6 nitrogen and oxygen atoms in total. The molecule has 1 rings (SSSR count). The number of nitrogens with zero attached hydrogens (tertiary/aromatic N) is 2. The Morgan fingerprint density at radius 3 is 2.79 bits per heavy atom. The normalized spacial score (nSPS) is 11.4. The van der Waals surface area contributed by atoms with Crippen LogP contribution in [0.1, 0.15) is 40.5 Å². The first-order chi connectivity index (χ1) is 8.78. The first kappa shape index (κ1) is 15.2. The number of hydrogen-bond donors (Lipinski definition) is 2. The van der Waals surface area contributed by atoms with Gasteiger partial charge in [0.15, 0.2) is 0 Å². The Morgan fingerprint density at radius 2 is 2.21 bits per heavy atom. The van der Waals surface area contributed by atoms with Crippen LogP contribution in [0.4, 0.5) is 5.95 Å². The van der Waals surface area contributed by atoms with Crippen molar-refractivity contribution in [3.8, 4) is 5.88 Å². The van der Waals surface area contributed by atoms with Crippen molar-refractivity contribution in [1.82, 2.24) is 9.97 Å². The van der Waals surface area contributed by atoms with Gasteiger partial charge in [0.05, 0.1) is 6.10 Å². The third kappa shape index (κ3) is 6.03. The summed E-state index contributed by atoms with van der Waals surface area (Å²) in [7, 11) is 0. The summed E-state index contributed by atoms with van der Waals surface area (Å²) in [6, 6.07) is 1.69. The van der Waals surface area contributed by atoms with Crippen LogP contribution in [0.3, 0.4) is 0 Å². The summed E-state index contributed by atoms with van der Waals surface area (Å²) in [5.41, 5.74) is -0.394. The van der Waals surface area contributed by atoms with Gasteiger partial charge < -0.3 is 15.2 Å². The topological polar surface area (TPSA) is 84.3 Å². The summed E-state index contributed by atoms with van der Waals surface area (Å²) >= 11 is 0. The third-order valence-electron chi connectivity index (χ3n) is 2.40. The van der Waals surface area contributed by atoms with Gasteiger partial charge in [0, 0.05) is 24.2 Å². The second-order valence-corrected chi connectivity index (χ2v) is 5.29. The van der Waals surface area contributed by atoms with E-state index in [4.69, 9.17) is 9.84 Å². The Kier molecular flexibility index (Phi) is 5.09. The van der Waals surface area contributed by atoms with E-state index in [1.54, 1.807) is 12.3 Å². The molecule has 0 amide bonds. The Hall–Kier alpha value is -1.85. The zero-order chi connectivity index (χ0) is 14.5. The number of carboxylic acids is 1. The molecule has 0 spiro atoms. The van der Waals surface area contributed by atoms with Gasteiger partial charge in [-0.1, -0.05) is 0 Å². The maximum atomic E-state index is 10.6. The molecule has 0 saturated heterocycles. The van der Waals surface area contributed by atoms with Crippen LogP contribution in [0, 0.1) is 0 Å². The minimum absolute atomic E-state index is 0.0442. The van der Waals surface area contributed by atoms with E-state index < -0.39 is 11.5 Å². The van der Waals surface area contributed by atoms with Crippen molar-refractivity contribution in [2.45, 2.75) is 52.2 Å². The van der Waals surface area contributed by atoms with Crippen molar-refractivity contribution < 1.29 is 14.6 Å². The fourth-order valence-electron chi connectivity index (χ4n) is 1.49. The molecule has 19 heavy (non-hydrogen) atoms. The molecule has 0 unspecified atom stereocenters. The summed E-state index contributed by atoms with van der Waals surface area (Å²) < 4.78 is 5.48. The summed E-state index contributed by atoms with van der Waals surface area (Å²) in [5.74, 6) is 0.128. The molecule has 0 saturated carbocycles. The van der Waals surface area contributed by atoms with Crippen LogP contribution < -0.4 is 10.1 Å². The van der Waals surface area contributed by atoms with Gasteiger partial charge in [-0.3, -0.25) is 4.79 Å². The fourth-order valence-corrected chi connectivity index (χ4v) is 1.49. The Bertz CT molecular complexity index is 433. The second kappa shape index (κ2) is 6.36. The molecular weight excluding hydrogens is 246 g/mol. The number of aliphatic carboxylic acids is 1. The zero-order valence-electron chi connectivity index (χ0n) is 11.8. The van der Waals surface area contributed by atoms with Crippen molar-refractivity contribution in [2.75, 3.05) is 5.32 Å². The van der Waals surface area contributed by atoms with E-state index in [1.807, 2.05) is 27.7 Å². The van der Waals surface area contributed by atoms with E-state index in [0.29, 0.717) is 18.2 Å². The monoisotopic (exact) mass is 267 g/mol. The summed E-state index contributed by atoms with van der Waals surface area (Å²) in [5, 5.41) is 11.8. The predicted octanol–water partition coefficient (Wildman–Crippen LogP) is 2.32. The Balaban J connectivity index is 2.67. The SMILES string of the molecule is CC(C)Oc1ccnc(NC(C)(C)CCC(=O)O)n1. The molecule has 0 aliphatic rings. The molecule has 0 bridgehead atoms. The van der Waals surface area contributed by atoms with Gasteiger partial charge in [-0.05, 0) is 34.1 Å². The average Bonchev–Trinajstić information content (AvgIpc) is 2.25. The lowest BCUT2D eigenvalue weighted by Gasteiger charge is -2.25. The molecule has 1 aromatic rings. The largest absolute Gasteiger partial charge is 0.481 e. The highest BCUT2D eigenvalue weighted by Crippen LogP contribution is 2.18. The van der Waals surface area contributed by atoms with Gasteiger partial charge in [0.25, 0.3) is 0 Å². The molecule has 6 heteroatoms. The lowest BCUT2D eigenvalue weighted by molar-refractivity contribution is -0.137. The number of ether oxygens (including phenoxy) is 1. The summed E-state index contributed by atoms with van der Waals surface area (Å²) in [6.07, 6.45) is 2.24. The van der Waals surface area contributed by atoms with E-state index in [2.05, 4.69) is 15.3 Å². The maximum Gasteiger partial charge on any atom is 0.303 e. The van der Waals surface area contributed by atoms with E-state index in [0.717, 1.165) is 0 Å². The van der Waals surface area contributed by atoms with Gasteiger partial charge in [0.1, 0.15) is 0 Å². The second-order valence-electron chi connectivity index (χ2n) is 5.29. The van der Waals surface area contributed by atoms with Crippen LogP contribution in [-0.2, 0) is 4.79 Å².